The summed E-state index contributed by atoms with van der Waals surface area (Å²) < 4.78 is 0. The minimum absolute atomic E-state index is 0.0866. The lowest BCUT2D eigenvalue weighted by atomic mass is 9.75. The maximum absolute atomic E-state index is 12.4. The summed E-state index contributed by atoms with van der Waals surface area (Å²) in [7, 11) is 0. The van der Waals surface area contributed by atoms with Gasteiger partial charge in [0.2, 0.25) is 0 Å². The van der Waals surface area contributed by atoms with E-state index in [4.69, 9.17) is 0 Å². The average molecular weight is 279 g/mol. The van der Waals surface area contributed by atoms with E-state index in [0.29, 0.717) is 12.0 Å². The van der Waals surface area contributed by atoms with E-state index in [1.165, 1.54) is 0 Å². The van der Waals surface area contributed by atoms with Crippen LogP contribution < -0.4 is 4.90 Å². The highest BCUT2D eigenvalue weighted by Gasteiger charge is 2.36. The molecule has 0 radical (unpaired) electrons. The average Bonchev–Trinajstić information content (AvgIpc) is 2.57. The third-order valence-corrected chi connectivity index (χ3v) is 3.96. The second kappa shape index (κ2) is 4.85. The van der Waals surface area contributed by atoms with Crippen LogP contribution in [0.15, 0.2) is 40.5 Å². The highest BCUT2D eigenvalue weighted by Crippen LogP contribution is 2.42. The molecule has 2 aliphatic rings. The Balaban J connectivity index is 2.19. The van der Waals surface area contributed by atoms with Crippen LogP contribution in [0.2, 0.25) is 0 Å². The Morgan fingerprint density at radius 1 is 1.33 bits per heavy atom. The van der Waals surface area contributed by atoms with Gasteiger partial charge in [0.15, 0.2) is 5.78 Å². The Bertz CT molecular complexity index is 707. The van der Waals surface area contributed by atoms with Crippen molar-refractivity contribution in [2.45, 2.75) is 26.7 Å². The Morgan fingerprint density at radius 2 is 2.10 bits per heavy atom. The fourth-order valence-corrected chi connectivity index (χ4v) is 3.02. The van der Waals surface area contributed by atoms with Crippen LogP contribution in [0.25, 0.3) is 0 Å². The van der Waals surface area contributed by atoms with Gasteiger partial charge in [0.25, 0.3) is 0 Å². The van der Waals surface area contributed by atoms with E-state index in [-0.39, 0.29) is 17.7 Å². The summed E-state index contributed by atoms with van der Waals surface area (Å²) in [5.74, 6) is 0.112. The first-order chi connectivity index (χ1) is 10.0. The number of allylic oxidation sites excluding steroid dienone is 2. The van der Waals surface area contributed by atoms with E-state index in [1.807, 2.05) is 29.2 Å². The molecule has 1 aromatic rings. The summed E-state index contributed by atoms with van der Waals surface area (Å²) >= 11 is 0. The first-order valence-corrected chi connectivity index (χ1v) is 7.06. The number of anilines is 1. The van der Waals surface area contributed by atoms with Crippen LogP contribution in [0.3, 0.4) is 0 Å². The number of para-hydroxylation sites is 2. The number of hydrogen-bond donors (Lipinski definition) is 0. The first kappa shape index (κ1) is 13.6. The molecule has 106 valence electrons. The van der Waals surface area contributed by atoms with Crippen LogP contribution in [0.5, 0.6) is 0 Å². The first-order valence-electron chi connectivity index (χ1n) is 7.06. The standard InChI is InChI=1S/C17H17N3O/c1-17(2)9-15-12(16(21)10-17)11-19-13-5-3-4-6-14(13)20(15)8-7-18/h3-6,11H,8-10H2,1-2H3. The molecule has 4 nitrogen and oxygen atoms in total. The molecule has 0 bridgehead atoms. The van der Waals surface area contributed by atoms with Crippen LogP contribution in [-0.4, -0.2) is 18.5 Å². The quantitative estimate of drug-likeness (QED) is 0.740. The third kappa shape index (κ3) is 2.36. The van der Waals surface area contributed by atoms with E-state index in [2.05, 4.69) is 24.9 Å². The van der Waals surface area contributed by atoms with Crippen molar-refractivity contribution in [1.82, 2.24) is 0 Å². The fourth-order valence-electron chi connectivity index (χ4n) is 3.02. The highest BCUT2D eigenvalue weighted by molar-refractivity contribution is 6.16. The van der Waals surface area contributed by atoms with Gasteiger partial charge in [-0.15, -0.1) is 0 Å². The van der Waals surface area contributed by atoms with Gasteiger partial charge >= 0.3 is 0 Å². The van der Waals surface area contributed by atoms with Crippen LogP contribution in [0.1, 0.15) is 26.7 Å². The van der Waals surface area contributed by atoms with Crippen molar-refractivity contribution in [3.8, 4) is 6.07 Å². The Hall–Kier alpha value is -2.41. The number of nitriles is 1. The van der Waals surface area contributed by atoms with E-state index in [1.54, 1.807) is 6.21 Å². The number of ketones is 1. The van der Waals surface area contributed by atoms with Crippen LogP contribution >= 0.6 is 0 Å². The smallest absolute Gasteiger partial charge is 0.166 e. The number of carbonyl (C=O) groups is 1. The molecule has 3 rings (SSSR count). The van der Waals surface area contributed by atoms with Crippen molar-refractivity contribution >= 4 is 23.4 Å². The zero-order valence-corrected chi connectivity index (χ0v) is 12.3. The third-order valence-electron chi connectivity index (χ3n) is 3.96. The Morgan fingerprint density at radius 3 is 2.86 bits per heavy atom. The molecule has 0 unspecified atom stereocenters. The normalized spacial score (nSPS) is 19.7. The monoisotopic (exact) mass is 279 g/mol. The largest absolute Gasteiger partial charge is 0.329 e. The summed E-state index contributed by atoms with van der Waals surface area (Å²) in [6.45, 7) is 4.41. The van der Waals surface area contributed by atoms with E-state index < -0.39 is 0 Å². The van der Waals surface area contributed by atoms with Gasteiger partial charge < -0.3 is 4.90 Å². The molecule has 1 heterocycles. The lowest BCUT2D eigenvalue weighted by molar-refractivity contribution is -0.117. The molecule has 1 aliphatic carbocycles. The van der Waals surface area contributed by atoms with Crippen LogP contribution in [0.4, 0.5) is 11.4 Å². The number of nitrogens with zero attached hydrogens (tertiary/aromatic N) is 3. The minimum Gasteiger partial charge on any atom is -0.329 e. The molecule has 0 N–H and O–H groups in total. The molecule has 1 aliphatic heterocycles. The van der Waals surface area contributed by atoms with Gasteiger partial charge in [0.05, 0.1) is 23.0 Å². The molecular weight excluding hydrogens is 262 g/mol. The van der Waals surface area contributed by atoms with Crippen LogP contribution in [0, 0.1) is 16.7 Å². The molecule has 4 heteroatoms. The molecule has 0 aromatic heterocycles. The van der Waals surface area contributed by atoms with Gasteiger partial charge in [-0.25, -0.2) is 0 Å². The molecule has 0 spiro atoms. The predicted octanol–water partition coefficient (Wildman–Crippen LogP) is 3.38. The van der Waals surface area contributed by atoms with Gasteiger partial charge in [0.1, 0.15) is 6.54 Å². The van der Waals surface area contributed by atoms with Gasteiger partial charge in [-0.05, 0) is 24.0 Å². The van der Waals surface area contributed by atoms with Gasteiger partial charge in [0, 0.05) is 18.3 Å². The van der Waals surface area contributed by atoms with Gasteiger partial charge in [-0.1, -0.05) is 26.0 Å². The number of aliphatic imine (C=N–C) groups is 1. The summed E-state index contributed by atoms with van der Waals surface area (Å²) in [5.41, 5.74) is 3.18. The van der Waals surface area contributed by atoms with E-state index >= 15 is 0 Å². The topological polar surface area (TPSA) is 56.5 Å². The molecule has 0 amide bonds. The zero-order chi connectivity index (χ0) is 15.0. The maximum Gasteiger partial charge on any atom is 0.166 e. The van der Waals surface area contributed by atoms with Gasteiger partial charge in [-0.3, -0.25) is 9.79 Å². The van der Waals surface area contributed by atoms with Crippen molar-refractivity contribution in [2.24, 2.45) is 10.4 Å². The summed E-state index contributed by atoms with van der Waals surface area (Å²) in [6.07, 6.45) is 2.97. The summed E-state index contributed by atoms with van der Waals surface area (Å²) in [6, 6.07) is 9.91. The van der Waals surface area contributed by atoms with E-state index in [9.17, 15) is 10.1 Å². The summed E-state index contributed by atoms with van der Waals surface area (Å²) in [5, 5.41) is 9.18. The molecule has 0 saturated carbocycles. The number of hydrogen-bond acceptors (Lipinski definition) is 4. The van der Waals surface area contributed by atoms with Crippen molar-refractivity contribution in [2.75, 3.05) is 11.4 Å². The number of Topliss-reactive ketones (excluding diaryl/α,β-unsaturated/α-hetero) is 1. The molecule has 21 heavy (non-hydrogen) atoms. The number of fused-ring (bicyclic) bond motifs is 1. The number of benzene rings is 1. The van der Waals surface area contributed by atoms with Crippen molar-refractivity contribution in [3.63, 3.8) is 0 Å². The second-order valence-electron chi connectivity index (χ2n) is 6.29. The molecule has 0 saturated heterocycles. The number of carbonyl (C=O) groups excluding carboxylic acids is 1. The minimum atomic E-state index is -0.0866. The van der Waals surface area contributed by atoms with Crippen molar-refractivity contribution < 1.29 is 4.79 Å². The van der Waals surface area contributed by atoms with Crippen molar-refractivity contribution in [3.05, 3.63) is 35.5 Å². The number of rotatable bonds is 1. The Labute approximate surface area is 124 Å². The predicted molar refractivity (Wildman–Crippen MR) is 82.6 cm³/mol. The lowest BCUT2D eigenvalue weighted by Crippen LogP contribution is -2.34. The van der Waals surface area contributed by atoms with Crippen LogP contribution in [-0.2, 0) is 4.79 Å². The zero-order valence-electron chi connectivity index (χ0n) is 12.3. The summed E-state index contributed by atoms with van der Waals surface area (Å²) in [4.78, 5) is 18.8. The lowest BCUT2D eigenvalue weighted by Gasteiger charge is -2.36. The Kier molecular flexibility index (Phi) is 3.13. The highest BCUT2D eigenvalue weighted by atomic mass is 16.1. The van der Waals surface area contributed by atoms with Gasteiger partial charge in [-0.2, -0.15) is 5.26 Å². The van der Waals surface area contributed by atoms with Crippen molar-refractivity contribution in [1.29, 1.82) is 5.26 Å². The SMILES string of the molecule is CC1(C)CC(=O)C2=C(C1)N(CC#N)c1ccccc1N=C2. The maximum atomic E-state index is 12.4. The molecule has 0 fully saturated rings. The fraction of sp³-hybridized carbons (Fsp3) is 0.353. The molecular formula is C17H17N3O. The second-order valence-corrected chi connectivity index (χ2v) is 6.29. The molecule has 1 aromatic carbocycles. The molecule has 0 atom stereocenters. The van der Waals surface area contributed by atoms with E-state index in [0.717, 1.165) is 23.5 Å².